The van der Waals surface area contributed by atoms with Gasteiger partial charge in [0.2, 0.25) is 16.8 Å². The van der Waals surface area contributed by atoms with Crippen LogP contribution in [0.2, 0.25) is 0 Å². The van der Waals surface area contributed by atoms with Crippen LogP contribution in [0.25, 0.3) is 10.9 Å². The van der Waals surface area contributed by atoms with Crippen molar-refractivity contribution in [3.63, 3.8) is 0 Å². The van der Waals surface area contributed by atoms with Crippen molar-refractivity contribution in [1.29, 1.82) is 0 Å². The number of rotatable bonds is 7. The summed E-state index contributed by atoms with van der Waals surface area (Å²) in [6, 6.07) is 16.4. The van der Waals surface area contributed by atoms with Crippen molar-refractivity contribution in [2.75, 3.05) is 13.9 Å². The highest BCUT2D eigenvalue weighted by Gasteiger charge is 2.28. The van der Waals surface area contributed by atoms with E-state index in [4.69, 9.17) is 14.2 Å². The third kappa shape index (κ3) is 4.75. The monoisotopic (exact) mass is 534 g/mol. The van der Waals surface area contributed by atoms with Crippen LogP contribution in [0.4, 0.5) is 0 Å². The zero-order valence-electron chi connectivity index (χ0n) is 21.1. The van der Waals surface area contributed by atoms with Crippen molar-refractivity contribution >= 4 is 26.9 Å². The molecule has 0 atom stereocenters. The Morgan fingerprint density at radius 2 is 1.74 bits per heavy atom. The molecule has 0 fully saturated rings. The van der Waals surface area contributed by atoms with Gasteiger partial charge in [0, 0.05) is 24.0 Å². The Morgan fingerprint density at radius 3 is 2.53 bits per heavy atom. The molecule has 0 aliphatic carbocycles. The van der Waals surface area contributed by atoms with Gasteiger partial charge in [-0.2, -0.15) is 4.31 Å². The van der Waals surface area contributed by atoms with E-state index in [2.05, 4.69) is 4.98 Å². The summed E-state index contributed by atoms with van der Waals surface area (Å²) < 4.78 is 44.7. The number of aryl methyl sites for hydroxylation is 2. The van der Waals surface area contributed by atoms with E-state index in [-0.39, 0.29) is 35.9 Å². The molecule has 3 aromatic carbocycles. The third-order valence-electron chi connectivity index (χ3n) is 6.56. The number of ether oxygens (including phenoxy) is 3. The first kappa shape index (κ1) is 25.5. The molecule has 0 bridgehead atoms. The smallest absolute Gasteiger partial charge is 0.337 e. The molecule has 0 unspecified atom stereocenters. The number of nitrogens with zero attached hydrogens (tertiary/aromatic N) is 1. The first-order chi connectivity index (χ1) is 18.2. The van der Waals surface area contributed by atoms with Gasteiger partial charge in [0.05, 0.1) is 23.1 Å². The highest BCUT2D eigenvalue weighted by atomic mass is 32.2. The number of aromatic amines is 1. The lowest BCUT2D eigenvalue weighted by Crippen LogP contribution is -2.32. The maximum atomic E-state index is 13.9. The fourth-order valence-corrected chi connectivity index (χ4v) is 5.90. The second-order valence-corrected chi connectivity index (χ2v) is 11.0. The number of hydrogen-bond donors (Lipinski definition) is 1. The van der Waals surface area contributed by atoms with Crippen molar-refractivity contribution in [2.45, 2.75) is 31.8 Å². The normalized spacial score (nSPS) is 12.7. The minimum Gasteiger partial charge on any atom is -0.465 e. The van der Waals surface area contributed by atoms with E-state index >= 15 is 0 Å². The van der Waals surface area contributed by atoms with Crippen LogP contribution in [0, 0.1) is 13.8 Å². The van der Waals surface area contributed by atoms with Crippen molar-refractivity contribution < 1.29 is 27.4 Å². The molecule has 4 aromatic rings. The number of methoxy groups -OCH3 is 1. The molecular weight excluding hydrogens is 508 g/mol. The fourth-order valence-electron chi connectivity index (χ4n) is 4.44. The highest BCUT2D eigenvalue weighted by Crippen LogP contribution is 2.33. The molecule has 2 heterocycles. The quantitative estimate of drug-likeness (QED) is 0.356. The van der Waals surface area contributed by atoms with Crippen molar-refractivity contribution in [1.82, 2.24) is 9.29 Å². The molecule has 0 radical (unpaired) electrons. The molecule has 9 nitrogen and oxygen atoms in total. The summed E-state index contributed by atoms with van der Waals surface area (Å²) >= 11 is 0. The van der Waals surface area contributed by atoms with E-state index in [9.17, 15) is 18.0 Å². The third-order valence-corrected chi connectivity index (χ3v) is 8.34. The summed E-state index contributed by atoms with van der Waals surface area (Å²) in [5.74, 6) is 0.439. The molecule has 38 heavy (non-hydrogen) atoms. The van der Waals surface area contributed by atoms with Crippen molar-refractivity contribution in [3.05, 3.63) is 98.8 Å². The second kappa shape index (κ2) is 9.96. The lowest BCUT2D eigenvalue weighted by atomic mass is 10.0. The van der Waals surface area contributed by atoms with Crippen LogP contribution < -0.4 is 15.0 Å². The Bertz CT molecular complexity index is 1730. The number of sulfonamides is 1. The van der Waals surface area contributed by atoms with E-state index in [1.807, 2.05) is 26.0 Å². The van der Waals surface area contributed by atoms with Crippen LogP contribution in [0.15, 0.2) is 70.4 Å². The molecule has 1 aliphatic rings. The van der Waals surface area contributed by atoms with E-state index in [0.29, 0.717) is 22.6 Å². The predicted molar refractivity (Wildman–Crippen MR) is 141 cm³/mol. The maximum absolute atomic E-state index is 13.9. The summed E-state index contributed by atoms with van der Waals surface area (Å²) in [6.07, 6.45) is 0. The van der Waals surface area contributed by atoms with Crippen LogP contribution in [-0.4, -0.2) is 37.6 Å². The van der Waals surface area contributed by atoms with Crippen LogP contribution in [0.5, 0.6) is 11.5 Å². The first-order valence-corrected chi connectivity index (χ1v) is 13.3. The van der Waals surface area contributed by atoms with Gasteiger partial charge < -0.3 is 19.2 Å². The van der Waals surface area contributed by atoms with Gasteiger partial charge in [0.25, 0.3) is 5.56 Å². The molecular formula is C28H26N2O7S. The van der Waals surface area contributed by atoms with E-state index < -0.39 is 16.0 Å². The fraction of sp³-hybridized carbons (Fsp3) is 0.214. The number of hydrogen-bond acceptors (Lipinski definition) is 7. The Labute approximate surface area is 219 Å². The van der Waals surface area contributed by atoms with E-state index in [0.717, 1.165) is 22.0 Å². The number of benzene rings is 3. The zero-order chi connectivity index (χ0) is 27.0. The van der Waals surface area contributed by atoms with E-state index in [1.54, 1.807) is 24.3 Å². The molecule has 1 aromatic heterocycles. The number of fused-ring (bicyclic) bond motifs is 2. The summed E-state index contributed by atoms with van der Waals surface area (Å²) in [4.78, 5) is 28.0. The SMILES string of the molecule is COC(=O)c1cccc(S(=O)(=O)N(Cc2ccc3c(c2)OCO3)Cc2cc3c(C)ccc(C)c3[nH]c2=O)c1. The van der Waals surface area contributed by atoms with Gasteiger partial charge in [-0.1, -0.05) is 24.3 Å². The first-order valence-electron chi connectivity index (χ1n) is 11.9. The molecule has 0 amide bonds. The van der Waals surface area contributed by atoms with Gasteiger partial charge in [-0.05, 0) is 66.9 Å². The van der Waals surface area contributed by atoms with Gasteiger partial charge in [-0.25, -0.2) is 13.2 Å². The highest BCUT2D eigenvalue weighted by molar-refractivity contribution is 7.89. The second-order valence-electron chi connectivity index (χ2n) is 9.09. The molecule has 10 heteroatoms. The largest absolute Gasteiger partial charge is 0.465 e. The van der Waals surface area contributed by atoms with Crippen LogP contribution >= 0.6 is 0 Å². The summed E-state index contributed by atoms with van der Waals surface area (Å²) in [5.41, 5.74) is 3.25. The number of carbonyl (C=O) groups excluding carboxylic acids is 1. The van der Waals surface area contributed by atoms with Crippen molar-refractivity contribution in [3.8, 4) is 11.5 Å². The Kier molecular flexibility index (Phi) is 6.68. The number of esters is 1. The minimum absolute atomic E-state index is 0.0499. The molecule has 196 valence electrons. The lowest BCUT2D eigenvalue weighted by molar-refractivity contribution is 0.0600. The van der Waals surface area contributed by atoms with Gasteiger partial charge >= 0.3 is 5.97 Å². The molecule has 0 saturated carbocycles. The van der Waals surface area contributed by atoms with Crippen LogP contribution in [0.3, 0.4) is 0 Å². The molecule has 1 aliphatic heterocycles. The zero-order valence-corrected chi connectivity index (χ0v) is 21.9. The number of nitrogens with one attached hydrogen (secondary N) is 1. The molecule has 0 saturated heterocycles. The van der Waals surface area contributed by atoms with Gasteiger partial charge in [0.1, 0.15) is 0 Å². The number of aromatic nitrogens is 1. The van der Waals surface area contributed by atoms with Gasteiger partial charge in [-0.3, -0.25) is 4.79 Å². The van der Waals surface area contributed by atoms with E-state index in [1.165, 1.54) is 35.7 Å². The standard InChI is InChI=1S/C28H26N2O7S/c1-17-7-8-18(2)26-23(17)13-21(27(31)29-26)15-30(14-19-9-10-24-25(11-19)37-16-36-24)38(33,34)22-6-4-5-20(12-22)28(32)35-3/h4-13H,14-16H2,1-3H3,(H,29,31). The topological polar surface area (TPSA) is 115 Å². The number of carbonyl (C=O) groups is 1. The lowest BCUT2D eigenvalue weighted by Gasteiger charge is -2.23. The Balaban J connectivity index is 1.59. The van der Waals surface area contributed by atoms with Crippen LogP contribution in [-0.2, 0) is 27.8 Å². The molecule has 0 spiro atoms. The predicted octanol–water partition coefficient (Wildman–Crippen LogP) is 4.05. The summed E-state index contributed by atoms with van der Waals surface area (Å²) in [7, 11) is -2.94. The average Bonchev–Trinajstić information content (AvgIpc) is 3.39. The summed E-state index contributed by atoms with van der Waals surface area (Å²) in [5, 5.41) is 0.840. The average molecular weight is 535 g/mol. The summed E-state index contributed by atoms with van der Waals surface area (Å²) in [6.45, 7) is 3.68. The minimum atomic E-state index is -4.16. The van der Waals surface area contributed by atoms with Crippen LogP contribution in [0.1, 0.15) is 32.6 Å². The molecule has 1 N–H and O–H groups in total. The Morgan fingerprint density at radius 1 is 0.974 bits per heavy atom. The van der Waals surface area contributed by atoms with Gasteiger partial charge in [0.15, 0.2) is 11.5 Å². The van der Waals surface area contributed by atoms with Gasteiger partial charge in [-0.15, -0.1) is 0 Å². The van der Waals surface area contributed by atoms with Crippen molar-refractivity contribution in [2.24, 2.45) is 0 Å². The number of H-pyrrole nitrogens is 1. The Hall–Kier alpha value is -4.15. The number of pyridine rings is 1. The maximum Gasteiger partial charge on any atom is 0.337 e. The molecule has 5 rings (SSSR count).